The van der Waals surface area contributed by atoms with Crippen LogP contribution < -0.4 is 15.0 Å². The number of carbonyl (C=O) groups is 3. The molecule has 2 aromatic carbocycles. The first-order valence-corrected chi connectivity index (χ1v) is 12.7. The minimum absolute atomic E-state index is 0.0976. The summed E-state index contributed by atoms with van der Waals surface area (Å²) in [6, 6.07) is 11.1. The highest BCUT2D eigenvalue weighted by molar-refractivity contribution is 8.18. The van der Waals surface area contributed by atoms with Crippen molar-refractivity contribution in [2.75, 3.05) is 30.4 Å². The number of hydrogen-bond donors (Lipinski definition) is 1. The number of fused-ring (bicyclic) bond motifs is 1. The number of anilines is 2. The molecular weight excluding hydrogens is 474 g/mol. The Morgan fingerprint density at radius 2 is 1.83 bits per heavy atom. The Hall–Kier alpha value is -3.52. The fourth-order valence-electron chi connectivity index (χ4n) is 4.40. The van der Waals surface area contributed by atoms with Gasteiger partial charge in [-0.15, -0.1) is 0 Å². The van der Waals surface area contributed by atoms with Gasteiger partial charge >= 0.3 is 0 Å². The second-order valence-corrected chi connectivity index (χ2v) is 10.5. The van der Waals surface area contributed by atoms with Crippen LogP contribution in [0, 0.1) is 6.92 Å². The predicted octanol–water partition coefficient (Wildman–Crippen LogP) is 5.70. The normalized spacial score (nSPS) is 17.8. The smallest absolute Gasteiger partial charge is 0.294 e. The molecule has 1 saturated heterocycles. The molecule has 0 saturated carbocycles. The third kappa shape index (κ3) is 5.04. The number of nitrogens with zero attached hydrogens (tertiary/aromatic N) is 2. The van der Waals surface area contributed by atoms with Gasteiger partial charge in [0.2, 0.25) is 5.91 Å². The van der Waals surface area contributed by atoms with Crippen LogP contribution in [0.15, 0.2) is 47.4 Å². The minimum Gasteiger partial charge on any atom is -0.494 e. The van der Waals surface area contributed by atoms with Crippen LogP contribution >= 0.6 is 11.8 Å². The third-order valence-electron chi connectivity index (χ3n) is 6.52. The molecule has 2 heterocycles. The highest BCUT2D eigenvalue weighted by Gasteiger charge is 2.36. The van der Waals surface area contributed by atoms with Crippen molar-refractivity contribution in [3.05, 3.63) is 64.1 Å². The molecule has 1 fully saturated rings. The average molecular weight is 506 g/mol. The van der Waals surface area contributed by atoms with Crippen molar-refractivity contribution in [1.82, 2.24) is 4.90 Å². The maximum absolute atomic E-state index is 13.0. The molecule has 0 atom stereocenters. The Labute approximate surface area is 216 Å². The minimum atomic E-state index is -0.463. The van der Waals surface area contributed by atoms with Crippen LogP contribution in [-0.2, 0) is 9.59 Å². The lowest BCUT2D eigenvalue weighted by atomic mass is 9.87. The second-order valence-electron chi connectivity index (χ2n) is 9.54. The van der Waals surface area contributed by atoms with Gasteiger partial charge in [-0.3, -0.25) is 19.3 Å². The van der Waals surface area contributed by atoms with Crippen LogP contribution in [0.1, 0.15) is 44.4 Å². The number of aryl methyl sites for hydroxylation is 1. The van der Waals surface area contributed by atoms with Gasteiger partial charge in [0.05, 0.1) is 17.1 Å². The SMILES string of the molecule is CCOc1ccc(NC(=O)CN2C(=O)S/C(=C/c3cc4c(cc3C)N(C)C(C)(C)C=C4C)C2=O)cc1. The van der Waals surface area contributed by atoms with Crippen LogP contribution in [0.4, 0.5) is 16.2 Å². The van der Waals surface area contributed by atoms with E-state index in [1.165, 1.54) is 5.57 Å². The Bertz CT molecular complexity index is 1290. The summed E-state index contributed by atoms with van der Waals surface area (Å²) in [6.07, 6.45) is 3.98. The standard InChI is InChI=1S/C28H31N3O4S/c1-7-35-21-10-8-20(9-11-21)29-25(32)16-31-26(33)24(36-27(31)34)14-19-13-22-18(3)15-28(4,5)30(6)23(22)12-17(19)2/h8-15H,7,16H2,1-6H3,(H,29,32)/b24-14+. The summed E-state index contributed by atoms with van der Waals surface area (Å²) in [6.45, 7) is 10.5. The lowest BCUT2D eigenvalue weighted by molar-refractivity contribution is -0.127. The molecule has 7 nitrogen and oxygen atoms in total. The van der Waals surface area contributed by atoms with Crippen molar-refractivity contribution in [2.24, 2.45) is 0 Å². The number of carbonyl (C=O) groups excluding carboxylic acids is 3. The van der Waals surface area contributed by atoms with E-state index in [1.807, 2.05) is 13.8 Å². The van der Waals surface area contributed by atoms with Crippen molar-refractivity contribution in [2.45, 2.75) is 40.2 Å². The van der Waals surface area contributed by atoms with E-state index in [1.54, 1.807) is 30.3 Å². The lowest BCUT2D eigenvalue weighted by Gasteiger charge is -2.41. The zero-order valence-electron chi connectivity index (χ0n) is 21.5. The summed E-state index contributed by atoms with van der Waals surface area (Å²) >= 11 is 0.857. The average Bonchev–Trinajstić information content (AvgIpc) is 3.07. The van der Waals surface area contributed by atoms with Gasteiger partial charge in [0, 0.05) is 24.0 Å². The highest BCUT2D eigenvalue weighted by Crippen LogP contribution is 2.40. The van der Waals surface area contributed by atoms with Gasteiger partial charge in [-0.1, -0.05) is 6.08 Å². The lowest BCUT2D eigenvalue weighted by Crippen LogP contribution is -2.42. The van der Waals surface area contributed by atoms with Crippen LogP contribution in [-0.4, -0.2) is 47.7 Å². The fourth-order valence-corrected chi connectivity index (χ4v) is 5.23. The number of allylic oxidation sites excluding steroid dienone is 1. The molecule has 1 N–H and O–H groups in total. The summed E-state index contributed by atoms with van der Waals surface area (Å²) < 4.78 is 5.40. The molecule has 0 bridgehead atoms. The van der Waals surface area contributed by atoms with Crippen molar-refractivity contribution in [3.8, 4) is 5.75 Å². The van der Waals surface area contributed by atoms with E-state index in [0.717, 1.165) is 39.0 Å². The maximum Gasteiger partial charge on any atom is 0.294 e. The van der Waals surface area contributed by atoms with E-state index in [-0.39, 0.29) is 12.1 Å². The molecule has 4 rings (SSSR count). The molecule has 36 heavy (non-hydrogen) atoms. The number of likely N-dealkylation sites (N-methyl/N-ethyl adjacent to an activating group) is 1. The number of benzene rings is 2. The van der Waals surface area contributed by atoms with Crippen LogP contribution in [0.2, 0.25) is 0 Å². The summed E-state index contributed by atoms with van der Waals surface area (Å²) in [4.78, 5) is 41.7. The number of hydrogen-bond acceptors (Lipinski definition) is 6. The van der Waals surface area contributed by atoms with Crippen molar-refractivity contribution in [1.29, 1.82) is 0 Å². The quantitative estimate of drug-likeness (QED) is 0.508. The van der Waals surface area contributed by atoms with E-state index >= 15 is 0 Å². The number of amides is 3. The molecular formula is C28H31N3O4S. The van der Waals surface area contributed by atoms with Crippen molar-refractivity contribution < 1.29 is 19.1 Å². The van der Waals surface area contributed by atoms with E-state index in [9.17, 15) is 14.4 Å². The molecule has 2 aromatic rings. The third-order valence-corrected chi connectivity index (χ3v) is 7.42. The Morgan fingerprint density at radius 3 is 2.50 bits per heavy atom. The van der Waals surface area contributed by atoms with Crippen LogP contribution in [0.5, 0.6) is 5.75 Å². The number of rotatable bonds is 6. The van der Waals surface area contributed by atoms with Crippen molar-refractivity contribution >= 4 is 51.8 Å². The molecule has 0 aliphatic carbocycles. The van der Waals surface area contributed by atoms with Gasteiger partial charge in [-0.05, 0) is 106 Å². The molecule has 188 valence electrons. The summed E-state index contributed by atoms with van der Waals surface area (Å²) in [7, 11) is 2.07. The van der Waals surface area contributed by atoms with Crippen molar-refractivity contribution in [3.63, 3.8) is 0 Å². The monoisotopic (exact) mass is 505 g/mol. The van der Waals surface area contributed by atoms with Gasteiger partial charge in [-0.25, -0.2) is 0 Å². The number of nitrogens with one attached hydrogen (secondary N) is 1. The molecule has 2 aliphatic heterocycles. The van der Waals surface area contributed by atoms with Gasteiger partial charge in [0.25, 0.3) is 11.1 Å². The molecule has 8 heteroatoms. The first kappa shape index (κ1) is 25.6. The zero-order valence-corrected chi connectivity index (χ0v) is 22.3. The van der Waals surface area contributed by atoms with Gasteiger partial charge in [0.1, 0.15) is 12.3 Å². The van der Waals surface area contributed by atoms with E-state index < -0.39 is 17.1 Å². The van der Waals surface area contributed by atoms with Gasteiger partial charge in [-0.2, -0.15) is 0 Å². The number of thioether (sulfide) groups is 1. The highest BCUT2D eigenvalue weighted by atomic mass is 32.2. The number of imide groups is 1. The first-order valence-electron chi connectivity index (χ1n) is 11.9. The van der Waals surface area contributed by atoms with Crippen LogP contribution in [0.3, 0.4) is 0 Å². The van der Waals surface area contributed by atoms with E-state index in [4.69, 9.17) is 4.74 Å². The maximum atomic E-state index is 13.0. The largest absolute Gasteiger partial charge is 0.494 e. The van der Waals surface area contributed by atoms with E-state index in [0.29, 0.717) is 22.9 Å². The summed E-state index contributed by atoms with van der Waals surface area (Å²) in [5, 5.41) is 2.27. The predicted molar refractivity (Wildman–Crippen MR) is 146 cm³/mol. The second kappa shape index (κ2) is 9.85. The summed E-state index contributed by atoms with van der Waals surface area (Å²) in [5.41, 5.74) is 5.75. The Kier molecular flexibility index (Phi) is 7.00. The van der Waals surface area contributed by atoms with Gasteiger partial charge in [0.15, 0.2) is 0 Å². The molecule has 0 radical (unpaired) electrons. The molecule has 0 spiro atoms. The molecule has 0 aromatic heterocycles. The number of ether oxygens (including phenoxy) is 1. The molecule has 3 amide bonds. The molecule has 2 aliphatic rings. The fraction of sp³-hybridized carbons (Fsp3) is 0.321. The Balaban J connectivity index is 1.50. The van der Waals surface area contributed by atoms with Crippen LogP contribution in [0.25, 0.3) is 11.6 Å². The zero-order chi connectivity index (χ0) is 26.2. The molecule has 0 unspecified atom stereocenters. The van der Waals surface area contributed by atoms with Gasteiger partial charge < -0.3 is 15.0 Å². The topological polar surface area (TPSA) is 79.0 Å². The summed E-state index contributed by atoms with van der Waals surface area (Å²) in [5.74, 6) is -0.210. The van der Waals surface area contributed by atoms with E-state index in [2.05, 4.69) is 56.2 Å². The first-order chi connectivity index (χ1) is 17.0. The Morgan fingerprint density at radius 1 is 1.14 bits per heavy atom.